The third-order valence-electron chi connectivity index (χ3n) is 4.37. The Hall–Kier alpha value is -2.31. The summed E-state index contributed by atoms with van der Waals surface area (Å²) in [5.41, 5.74) is 3.20. The maximum absolute atomic E-state index is 4.77. The van der Waals surface area contributed by atoms with Crippen molar-refractivity contribution in [2.24, 2.45) is 0 Å². The molecule has 0 aromatic carbocycles. The van der Waals surface area contributed by atoms with Crippen LogP contribution in [-0.4, -0.2) is 36.2 Å². The van der Waals surface area contributed by atoms with Gasteiger partial charge in [0.15, 0.2) is 0 Å². The van der Waals surface area contributed by atoms with Crippen molar-refractivity contribution >= 4 is 7.12 Å². The molecule has 0 saturated heterocycles. The molecule has 0 atom stereocenters. The summed E-state index contributed by atoms with van der Waals surface area (Å²) in [6, 6.07) is 6.20. The van der Waals surface area contributed by atoms with Gasteiger partial charge in [0.1, 0.15) is 0 Å². The molecule has 6 nitrogen and oxygen atoms in total. The topological polar surface area (TPSA) is 53.5 Å². The van der Waals surface area contributed by atoms with E-state index >= 15 is 0 Å². The molecule has 3 rings (SSSR count). The van der Waals surface area contributed by atoms with Crippen molar-refractivity contribution in [3.8, 4) is 0 Å². The molecule has 3 aromatic rings. The first-order valence-electron chi connectivity index (χ1n) is 9.02. The largest absolute Gasteiger partial charge is 0.425 e. The van der Waals surface area contributed by atoms with Gasteiger partial charge in [-0.2, -0.15) is 0 Å². The molecule has 1 radical (unpaired) electrons. The standard InChI is InChI=1S/C18H27BN6/c1-13(2)16-7-10-23(20-16)19(24-11-8-17(21-24)14(3)4)25-12-9-18(22-25)15(5)6/h7-15H,1-6H3/q-1. The van der Waals surface area contributed by atoms with Gasteiger partial charge in [-0.25, -0.2) is 15.3 Å². The lowest BCUT2D eigenvalue weighted by molar-refractivity contribution is 0.710. The van der Waals surface area contributed by atoms with Crippen molar-refractivity contribution < 1.29 is 0 Å². The molecule has 0 spiro atoms. The molecule has 133 valence electrons. The van der Waals surface area contributed by atoms with Gasteiger partial charge in [-0.1, -0.05) is 41.5 Å². The van der Waals surface area contributed by atoms with E-state index in [2.05, 4.69) is 59.7 Å². The Bertz CT molecular complexity index is 716. The molecule has 0 bridgehead atoms. The lowest BCUT2D eigenvalue weighted by atomic mass is 9.96. The Labute approximate surface area is 150 Å². The van der Waals surface area contributed by atoms with Crippen molar-refractivity contribution in [1.82, 2.24) is 29.1 Å². The van der Waals surface area contributed by atoms with Crippen LogP contribution >= 0.6 is 0 Å². The van der Waals surface area contributed by atoms with Crippen molar-refractivity contribution in [1.29, 1.82) is 0 Å². The highest BCUT2D eigenvalue weighted by atomic mass is 15.4. The van der Waals surface area contributed by atoms with Gasteiger partial charge >= 0.3 is 0 Å². The van der Waals surface area contributed by atoms with Crippen molar-refractivity contribution in [3.05, 3.63) is 53.9 Å². The molecule has 0 unspecified atom stereocenters. The summed E-state index contributed by atoms with van der Waals surface area (Å²) in [5.74, 6) is 1.15. The number of hydrogen-bond acceptors (Lipinski definition) is 3. The maximum Gasteiger partial charge on any atom is 0.260 e. The summed E-state index contributed by atoms with van der Waals surface area (Å²) in [5, 5.41) is 14.3. The van der Waals surface area contributed by atoms with Gasteiger partial charge in [-0.05, 0) is 54.5 Å². The van der Waals surface area contributed by atoms with Gasteiger partial charge < -0.3 is 13.8 Å². The number of aromatic nitrogens is 6. The van der Waals surface area contributed by atoms with Gasteiger partial charge in [-0.15, -0.1) is 0 Å². The predicted molar refractivity (Wildman–Crippen MR) is 101 cm³/mol. The highest BCUT2D eigenvalue weighted by Gasteiger charge is 2.14. The second-order valence-electron chi connectivity index (χ2n) is 7.47. The highest BCUT2D eigenvalue weighted by molar-refractivity contribution is 6.52. The van der Waals surface area contributed by atoms with Crippen LogP contribution in [0.5, 0.6) is 0 Å². The summed E-state index contributed by atoms with van der Waals surface area (Å²) in [6.45, 7) is 12.9. The second kappa shape index (κ2) is 6.90. The maximum atomic E-state index is 4.77. The summed E-state index contributed by atoms with van der Waals surface area (Å²) in [7, 11) is -0.243. The van der Waals surface area contributed by atoms with E-state index in [0.29, 0.717) is 17.8 Å². The fraction of sp³-hybridized carbons (Fsp3) is 0.500. The summed E-state index contributed by atoms with van der Waals surface area (Å²) < 4.78 is 5.80. The molecule has 0 fully saturated rings. The second-order valence-corrected chi connectivity index (χ2v) is 7.47. The first kappa shape index (κ1) is 17.5. The quantitative estimate of drug-likeness (QED) is 0.646. The van der Waals surface area contributed by atoms with E-state index in [0.717, 1.165) is 17.1 Å². The van der Waals surface area contributed by atoms with Crippen LogP contribution in [-0.2, 0) is 0 Å². The summed E-state index contributed by atoms with van der Waals surface area (Å²) >= 11 is 0. The van der Waals surface area contributed by atoms with Gasteiger partial charge in [0, 0.05) is 0 Å². The number of rotatable bonds is 6. The third-order valence-corrected chi connectivity index (χ3v) is 4.37. The zero-order valence-corrected chi connectivity index (χ0v) is 16.0. The first-order valence-corrected chi connectivity index (χ1v) is 9.02. The zero-order valence-electron chi connectivity index (χ0n) is 16.0. The molecule has 7 heteroatoms. The Morgan fingerprint density at radius 2 is 0.880 bits per heavy atom. The Balaban J connectivity index is 2.05. The molecule has 25 heavy (non-hydrogen) atoms. The van der Waals surface area contributed by atoms with Gasteiger partial charge in [0.2, 0.25) is 0 Å². The molecule has 0 aliphatic carbocycles. The minimum absolute atomic E-state index is 0.243. The van der Waals surface area contributed by atoms with Crippen molar-refractivity contribution in [2.45, 2.75) is 59.3 Å². The molecule has 0 N–H and O–H groups in total. The van der Waals surface area contributed by atoms with Gasteiger partial charge in [0.25, 0.3) is 7.12 Å². The molecule has 3 heterocycles. The Morgan fingerprint density at radius 1 is 0.600 bits per heavy atom. The number of nitrogens with zero attached hydrogens (tertiary/aromatic N) is 6. The Kier molecular flexibility index (Phi) is 4.83. The number of hydrogen-bond donors (Lipinski definition) is 0. The molecular weight excluding hydrogens is 311 g/mol. The molecule has 0 saturated carbocycles. The fourth-order valence-corrected chi connectivity index (χ4v) is 2.73. The Morgan fingerprint density at radius 3 is 1.08 bits per heavy atom. The molecule has 0 amide bonds. The van der Waals surface area contributed by atoms with Crippen molar-refractivity contribution in [3.63, 3.8) is 0 Å². The molecular formula is C18H27BN6-. The van der Waals surface area contributed by atoms with E-state index < -0.39 is 0 Å². The van der Waals surface area contributed by atoms with Crippen LogP contribution in [0, 0.1) is 0 Å². The minimum Gasteiger partial charge on any atom is -0.425 e. The van der Waals surface area contributed by atoms with E-state index in [4.69, 9.17) is 15.3 Å². The lowest BCUT2D eigenvalue weighted by Crippen LogP contribution is -2.43. The average Bonchev–Trinajstić information content (AvgIpc) is 3.28. The summed E-state index contributed by atoms with van der Waals surface area (Å²) in [6.07, 6.45) is 6.02. The molecule has 3 aromatic heterocycles. The van der Waals surface area contributed by atoms with Crippen LogP contribution in [0.4, 0.5) is 0 Å². The van der Waals surface area contributed by atoms with E-state index in [1.165, 1.54) is 0 Å². The van der Waals surface area contributed by atoms with Crippen LogP contribution in [0.25, 0.3) is 0 Å². The molecule has 0 aliphatic heterocycles. The third kappa shape index (κ3) is 3.55. The monoisotopic (exact) mass is 338 g/mol. The van der Waals surface area contributed by atoms with Crippen molar-refractivity contribution in [2.75, 3.05) is 0 Å². The van der Waals surface area contributed by atoms with Crippen LogP contribution in [0.1, 0.15) is 76.4 Å². The smallest absolute Gasteiger partial charge is 0.260 e. The van der Waals surface area contributed by atoms with E-state index in [1.54, 1.807) is 0 Å². The first-order chi connectivity index (χ1) is 11.9. The highest BCUT2D eigenvalue weighted by Crippen LogP contribution is 2.15. The molecule has 0 aliphatic rings. The fourth-order valence-electron chi connectivity index (χ4n) is 2.73. The SMILES string of the molecule is CC(C)c1ccn([B-](n2ccc(C(C)C)n2)n2ccc(C(C)C)n2)n1. The van der Waals surface area contributed by atoms with E-state index in [1.807, 2.05) is 32.4 Å². The average molecular weight is 338 g/mol. The van der Waals surface area contributed by atoms with Crippen LogP contribution < -0.4 is 0 Å². The predicted octanol–water partition coefficient (Wildman–Crippen LogP) is 3.58. The normalized spacial score (nSPS) is 12.2. The van der Waals surface area contributed by atoms with Crippen LogP contribution in [0.2, 0.25) is 0 Å². The van der Waals surface area contributed by atoms with Gasteiger partial charge in [0.05, 0.1) is 17.1 Å². The minimum atomic E-state index is -0.243. The summed E-state index contributed by atoms with van der Waals surface area (Å²) in [4.78, 5) is 0. The lowest BCUT2D eigenvalue weighted by Gasteiger charge is -2.29. The van der Waals surface area contributed by atoms with Crippen LogP contribution in [0.15, 0.2) is 36.8 Å². The van der Waals surface area contributed by atoms with E-state index in [-0.39, 0.29) is 7.12 Å². The van der Waals surface area contributed by atoms with E-state index in [9.17, 15) is 0 Å². The van der Waals surface area contributed by atoms with Crippen LogP contribution in [0.3, 0.4) is 0 Å². The van der Waals surface area contributed by atoms with Gasteiger partial charge in [-0.3, -0.25) is 0 Å². The zero-order chi connectivity index (χ0) is 18.1.